The molecule has 1 aromatic heterocycles. The lowest BCUT2D eigenvalue weighted by Crippen LogP contribution is -2.43. The van der Waals surface area contributed by atoms with Gasteiger partial charge in [0.05, 0.1) is 6.20 Å². The Morgan fingerprint density at radius 3 is 2.52 bits per heavy atom. The van der Waals surface area contributed by atoms with Gasteiger partial charge in [-0.25, -0.2) is 4.98 Å². The van der Waals surface area contributed by atoms with Crippen molar-refractivity contribution in [3.8, 4) is 17.1 Å². The van der Waals surface area contributed by atoms with Crippen LogP contribution in [0.4, 0.5) is 0 Å². The highest BCUT2D eigenvalue weighted by atomic mass is 16.5. The van der Waals surface area contributed by atoms with Crippen LogP contribution in [0.25, 0.3) is 11.3 Å². The Bertz CT molecular complexity index is 980. The second-order valence-electron chi connectivity index (χ2n) is 6.69. The molecule has 0 spiro atoms. The van der Waals surface area contributed by atoms with Crippen molar-refractivity contribution in [3.63, 3.8) is 0 Å². The number of hydrogen-bond donors (Lipinski definition) is 2. The van der Waals surface area contributed by atoms with Gasteiger partial charge in [0.1, 0.15) is 5.75 Å². The fourth-order valence-corrected chi connectivity index (χ4v) is 2.59. The summed E-state index contributed by atoms with van der Waals surface area (Å²) >= 11 is 0. The van der Waals surface area contributed by atoms with Gasteiger partial charge in [-0.2, -0.15) is 0 Å². The molecule has 0 radical (unpaired) electrons. The molecule has 150 valence electrons. The molecule has 7 nitrogen and oxygen atoms in total. The first-order valence-electron chi connectivity index (χ1n) is 9.28. The summed E-state index contributed by atoms with van der Waals surface area (Å²) in [5, 5.41) is 0. The highest BCUT2D eigenvalue weighted by molar-refractivity contribution is 5.82. The van der Waals surface area contributed by atoms with Crippen molar-refractivity contribution >= 4 is 11.8 Å². The van der Waals surface area contributed by atoms with Crippen LogP contribution >= 0.6 is 0 Å². The molecule has 0 aliphatic rings. The molecule has 0 saturated heterocycles. The molecule has 29 heavy (non-hydrogen) atoms. The minimum atomic E-state index is -0.447. The number of nitrogens with zero attached hydrogens (tertiary/aromatic N) is 1. The number of oxazole rings is 1. The zero-order chi connectivity index (χ0) is 20.6. The van der Waals surface area contributed by atoms with Gasteiger partial charge in [-0.05, 0) is 31.5 Å². The van der Waals surface area contributed by atoms with Crippen LogP contribution in [0.2, 0.25) is 0 Å². The van der Waals surface area contributed by atoms with E-state index >= 15 is 0 Å². The molecule has 2 aromatic carbocycles. The number of benzene rings is 2. The maximum atomic E-state index is 11.9. The Morgan fingerprint density at radius 2 is 1.76 bits per heavy atom. The van der Waals surface area contributed by atoms with Gasteiger partial charge in [0, 0.05) is 18.4 Å². The maximum Gasteiger partial charge on any atom is 0.276 e. The monoisotopic (exact) mass is 393 g/mol. The van der Waals surface area contributed by atoms with Crippen molar-refractivity contribution < 1.29 is 18.7 Å². The summed E-state index contributed by atoms with van der Waals surface area (Å²) in [6.45, 7) is 3.76. The molecule has 0 aliphatic heterocycles. The predicted octanol–water partition coefficient (Wildman–Crippen LogP) is 3.12. The molecule has 2 amide bonds. The van der Waals surface area contributed by atoms with Crippen molar-refractivity contribution in [1.82, 2.24) is 15.8 Å². The average molecular weight is 393 g/mol. The fourth-order valence-electron chi connectivity index (χ4n) is 2.59. The standard InChI is InChI=1S/C22H23N3O4/c1-15-6-8-17(9-7-15)19-13-23-22(29-19)11-10-20(26)24-25-21(27)14-28-18-5-3-4-16(2)12-18/h3-9,12-13H,10-11,14H2,1-2H3,(H,24,26)(H,25,27). The van der Waals surface area contributed by atoms with E-state index < -0.39 is 5.91 Å². The lowest BCUT2D eigenvalue weighted by Gasteiger charge is -2.08. The van der Waals surface area contributed by atoms with Gasteiger partial charge < -0.3 is 9.15 Å². The average Bonchev–Trinajstić information content (AvgIpc) is 3.19. The molecule has 0 saturated carbocycles. The van der Waals surface area contributed by atoms with Gasteiger partial charge in [-0.1, -0.05) is 42.0 Å². The van der Waals surface area contributed by atoms with E-state index in [9.17, 15) is 9.59 Å². The van der Waals surface area contributed by atoms with Crippen LogP contribution < -0.4 is 15.6 Å². The van der Waals surface area contributed by atoms with Crippen LogP contribution in [-0.2, 0) is 16.0 Å². The lowest BCUT2D eigenvalue weighted by molar-refractivity contribution is -0.130. The van der Waals surface area contributed by atoms with E-state index in [0.29, 0.717) is 23.8 Å². The first kappa shape index (κ1) is 20.1. The molecule has 2 N–H and O–H groups in total. The summed E-state index contributed by atoms with van der Waals surface area (Å²) in [6, 6.07) is 15.3. The smallest absolute Gasteiger partial charge is 0.276 e. The first-order valence-corrected chi connectivity index (χ1v) is 9.28. The largest absolute Gasteiger partial charge is 0.484 e. The zero-order valence-electron chi connectivity index (χ0n) is 16.4. The van der Waals surface area contributed by atoms with Gasteiger partial charge >= 0.3 is 0 Å². The van der Waals surface area contributed by atoms with E-state index in [1.807, 2.05) is 56.3 Å². The molecule has 3 aromatic rings. The summed E-state index contributed by atoms with van der Waals surface area (Å²) < 4.78 is 11.1. The molecule has 0 atom stereocenters. The fraction of sp³-hybridized carbons (Fsp3) is 0.227. The number of rotatable bonds is 7. The van der Waals surface area contributed by atoms with Crippen LogP contribution in [0.5, 0.6) is 5.75 Å². The number of nitrogens with one attached hydrogen (secondary N) is 2. The van der Waals surface area contributed by atoms with Crippen LogP contribution in [0.15, 0.2) is 59.1 Å². The van der Waals surface area contributed by atoms with Crippen molar-refractivity contribution in [2.75, 3.05) is 6.61 Å². The third-order valence-electron chi connectivity index (χ3n) is 4.16. The molecular weight excluding hydrogens is 370 g/mol. The zero-order valence-corrected chi connectivity index (χ0v) is 16.4. The molecule has 0 aliphatic carbocycles. The first-order chi connectivity index (χ1) is 14.0. The van der Waals surface area contributed by atoms with E-state index in [0.717, 1.165) is 16.7 Å². The number of ether oxygens (including phenoxy) is 1. The van der Waals surface area contributed by atoms with E-state index in [1.165, 1.54) is 0 Å². The molecule has 1 heterocycles. The Morgan fingerprint density at radius 1 is 1.00 bits per heavy atom. The van der Waals surface area contributed by atoms with E-state index in [1.54, 1.807) is 12.3 Å². The second-order valence-corrected chi connectivity index (χ2v) is 6.69. The molecular formula is C22H23N3O4. The highest BCUT2D eigenvalue weighted by Crippen LogP contribution is 2.21. The summed E-state index contributed by atoms with van der Waals surface area (Å²) in [6.07, 6.45) is 2.10. The number of amides is 2. The van der Waals surface area contributed by atoms with Crippen LogP contribution in [0.1, 0.15) is 23.4 Å². The minimum Gasteiger partial charge on any atom is -0.484 e. The second kappa shape index (κ2) is 9.54. The number of carbonyl (C=O) groups excluding carboxylic acids is 2. The molecule has 0 bridgehead atoms. The number of carbonyl (C=O) groups is 2. The Labute approximate surface area is 169 Å². The third-order valence-corrected chi connectivity index (χ3v) is 4.16. The Hall–Kier alpha value is -3.61. The highest BCUT2D eigenvalue weighted by Gasteiger charge is 2.10. The number of hydrogen-bond acceptors (Lipinski definition) is 5. The third kappa shape index (κ3) is 6.21. The molecule has 0 fully saturated rings. The summed E-state index contributed by atoms with van der Waals surface area (Å²) in [7, 11) is 0. The quantitative estimate of drug-likeness (QED) is 0.602. The van der Waals surface area contributed by atoms with E-state index in [4.69, 9.17) is 9.15 Å². The molecule has 7 heteroatoms. The minimum absolute atomic E-state index is 0.132. The molecule has 0 unspecified atom stereocenters. The Balaban J connectivity index is 1.38. The van der Waals surface area contributed by atoms with Crippen LogP contribution in [0.3, 0.4) is 0 Å². The van der Waals surface area contributed by atoms with Gasteiger partial charge in [0.15, 0.2) is 18.3 Å². The SMILES string of the molecule is Cc1ccc(-c2cnc(CCC(=O)NNC(=O)COc3cccc(C)c3)o2)cc1. The maximum absolute atomic E-state index is 11.9. The van der Waals surface area contributed by atoms with Crippen molar-refractivity contribution in [1.29, 1.82) is 0 Å². The summed E-state index contributed by atoms with van der Waals surface area (Å²) in [4.78, 5) is 27.9. The number of aryl methyl sites for hydroxylation is 3. The van der Waals surface area contributed by atoms with Crippen LogP contribution in [0, 0.1) is 13.8 Å². The number of hydrazine groups is 1. The van der Waals surface area contributed by atoms with Gasteiger partial charge in [-0.15, -0.1) is 0 Å². The van der Waals surface area contributed by atoms with Crippen molar-refractivity contribution in [3.05, 3.63) is 71.7 Å². The summed E-state index contributed by atoms with van der Waals surface area (Å²) in [5.74, 6) is 0.924. The van der Waals surface area contributed by atoms with E-state index in [2.05, 4.69) is 15.8 Å². The normalized spacial score (nSPS) is 10.4. The van der Waals surface area contributed by atoms with E-state index in [-0.39, 0.29) is 18.9 Å². The number of aromatic nitrogens is 1. The Kier molecular flexibility index (Phi) is 6.63. The van der Waals surface area contributed by atoms with Gasteiger partial charge in [0.2, 0.25) is 5.91 Å². The molecule has 3 rings (SSSR count). The van der Waals surface area contributed by atoms with Gasteiger partial charge in [0.25, 0.3) is 5.91 Å². The van der Waals surface area contributed by atoms with Gasteiger partial charge in [-0.3, -0.25) is 20.4 Å². The topological polar surface area (TPSA) is 93.5 Å². The predicted molar refractivity (Wildman–Crippen MR) is 108 cm³/mol. The van der Waals surface area contributed by atoms with Crippen molar-refractivity contribution in [2.45, 2.75) is 26.7 Å². The van der Waals surface area contributed by atoms with Crippen molar-refractivity contribution in [2.24, 2.45) is 0 Å². The summed E-state index contributed by atoms with van der Waals surface area (Å²) in [5.41, 5.74) is 7.81. The van der Waals surface area contributed by atoms with Crippen LogP contribution in [-0.4, -0.2) is 23.4 Å². The lowest BCUT2D eigenvalue weighted by atomic mass is 10.1.